The average Bonchev–Trinajstić information content (AvgIpc) is 2.20. The number of nitrogens with two attached hydrogens (primary N) is 1. The maximum Gasteiger partial charge on any atom is 0.122 e. The number of hydrogen-bond donors (Lipinski definition) is 1. The monoisotopic (exact) mass is 205 g/mol. The fourth-order valence-electron chi connectivity index (χ4n) is 1.37. The van der Waals surface area contributed by atoms with Crippen LogP contribution in [0.2, 0.25) is 0 Å². The van der Waals surface area contributed by atoms with E-state index in [0.29, 0.717) is 6.61 Å². The molecule has 0 saturated carbocycles. The third kappa shape index (κ3) is 3.40. The van der Waals surface area contributed by atoms with Gasteiger partial charge in [0.2, 0.25) is 0 Å². The molecule has 0 radical (unpaired) electrons. The van der Waals surface area contributed by atoms with Crippen molar-refractivity contribution in [2.75, 3.05) is 6.61 Å². The van der Waals surface area contributed by atoms with Gasteiger partial charge in [0.05, 0.1) is 6.61 Å². The van der Waals surface area contributed by atoms with Crippen LogP contribution in [-0.4, -0.2) is 6.61 Å². The van der Waals surface area contributed by atoms with Gasteiger partial charge in [-0.15, -0.1) is 6.58 Å². The first-order chi connectivity index (χ1) is 7.15. The maximum atomic E-state index is 5.80. The second-order valence-electron chi connectivity index (χ2n) is 3.74. The van der Waals surface area contributed by atoms with Crippen molar-refractivity contribution < 1.29 is 4.74 Å². The van der Waals surface area contributed by atoms with E-state index in [1.807, 2.05) is 32.1 Å². The molecule has 2 N–H and O–H groups in total. The van der Waals surface area contributed by atoms with Crippen molar-refractivity contribution >= 4 is 0 Å². The Bertz CT molecular complexity index is 331. The van der Waals surface area contributed by atoms with Crippen LogP contribution in [-0.2, 0) is 0 Å². The number of rotatable bonds is 5. The molecule has 0 fully saturated rings. The summed E-state index contributed by atoms with van der Waals surface area (Å²) in [6, 6.07) is 6.15. The van der Waals surface area contributed by atoms with Gasteiger partial charge in [0.25, 0.3) is 0 Å². The first kappa shape index (κ1) is 11.8. The number of hydrogen-bond acceptors (Lipinski definition) is 2. The van der Waals surface area contributed by atoms with E-state index < -0.39 is 0 Å². The quantitative estimate of drug-likeness (QED) is 0.592. The van der Waals surface area contributed by atoms with Crippen molar-refractivity contribution in [3.8, 4) is 5.75 Å². The first-order valence-corrected chi connectivity index (χ1v) is 5.25. The van der Waals surface area contributed by atoms with Gasteiger partial charge in [-0.05, 0) is 37.5 Å². The number of benzene rings is 1. The van der Waals surface area contributed by atoms with E-state index in [4.69, 9.17) is 10.5 Å². The minimum atomic E-state index is 0.0749. The van der Waals surface area contributed by atoms with Gasteiger partial charge in [0.15, 0.2) is 0 Å². The molecule has 0 unspecified atom stereocenters. The highest BCUT2D eigenvalue weighted by Gasteiger charge is 2.03. The molecule has 1 aromatic carbocycles. The zero-order valence-corrected chi connectivity index (χ0v) is 9.49. The van der Waals surface area contributed by atoms with Crippen LogP contribution in [0, 0.1) is 6.92 Å². The van der Waals surface area contributed by atoms with Crippen LogP contribution in [0.5, 0.6) is 5.75 Å². The second kappa shape index (κ2) is 5.56. The van der Waals surface area contributed by atoms with Crippen LogP contribution in [0.3, 0.4) is 0 Å². The minimum Gasteiger partial charge on any atom is -0.493 e. The third-order valence-electron chi connectivity index (χ3n) is 2.30. The number of aryl methyl sites for hydroxylation is 1. The lowest BCUT2D eigenvalue weighted by atomic mass is 10.1. The molecule has 2 nitrogen and oxygen atoms in total. The van der Waals surface area contributed by atoms with E-state index in [1.165, 1.54) is 0 Å². The van der Waals surface area contributed by atoms with Crippen molar-refractivity contribution in [3.05, 3.63) is 42.0 Å². The van der Waals surface area contributed by atoms with E-state index >= 15 is 0 Å². The molecule has 15 heavy (non-hydrogen) atoms. The van der Waals surface area contributed by atoms with Crippen LogP contribution in [0.25, 0.3) is 0 Å². The standard InChI is InChI=1S/C13H19NO/c1-4-5-8-15-13-7-6-12(11(3)14)9-10(13)2/h4,6-7,9,11H,1,5,8,14H2,2-3H3/t11-/m0/s1. The Morgan fingerprint density at radius 2 is 2.27 bits per heavy atom. The molecule has 0 aliphatic heterocycles. The third-order valence-corrected chi connectivity index (χ3v) is 2.30. The molecule has 0 spiro atoms. The van der Waals surface area contributed by atoms with Crippen LogP contribution >= 0.6 is 0 Å². The molecule has 1 rings (SSSR count). The Morgan fingerprint density at radius 1 is 1.53 bits per heavy atom. The second-order valence-corrected chi connectivity index (χ2v) is 3.74. The molecular formula is C13H19NO. The van der Waals surface area contributed by atoms with Crippen LogP contribution in [0.4, 0.5) is 0 Å². The van der Waals surface area contributed by atoms with Gasteiger partial charge < -0.3 is 10.5 Å². The topological polar surface area (TPSA) is 35.2 Å². The summed E-state index contributed by atoms with van der Waals surface area (Å²) in [6.07, 6.45) is 2.72. The summed E-state index contributed by atoms with van der Waals surface area (Å²) in [4.78, 5) is 0. The molecule has 0 aromatic heterocycles. The molecule has 0 aliphatic rings. The predicted octanol–water partition coefficient (Wildman–Crippen LogP) is 2.97. The lowest BCUT2D eigenvalue weighted by molar-refractivity contribution is 0.322. The Kier molecular flexibility index (Phi) is 4.37. The van der Waals surface area contributed by atoms with E-state index in [1.54, 1.807) is 0 Å². The average molecular weight is 205 g/mol. The largest absolute Gasteiger partial charge is 0.493 e. The summed E-state index contributed by atoms with van der Waals surface area (Å²) in [6.45, 7) is 8.35. The predicted molar refractivity (Wildman–Crippen MR) is 64.1 cm³/mol. The zero-order valence-electron chi connectivity index (χ0n) is 9.49. The number of ether oxygens (including phenoxy) is 1. The summed E-state index contributed by atoms with van der Waals surface area (Å²) in [7, 11) is 0. The van der Waals surface area contributed by atoms with Crippen molar-refractivity contribution in [1.29, 1.82) is 0 Å². The Balaban J connectivity index is 2.70. The molecule has 1 atom stereocenters. The fraction of sp³-hybridized carbons (Fsp3) is 0.385. The van der Waals surface area contributed by atoms with E-state index in [0.717, 1.165) is 23.3 Å². The Labute approximate surface area is 91.7 Å². The molecule has 0 bridgehead atoms. The van der Waals surface area contributed by atoms with Crippen molar-refractivity contribution in [2.45, 2.75) is 26.3 Å². The molecular weight excluding hydrogens is 186 g/mol. The van der Waals surface area contributed by atoms with Gasteiger partial charge in [0.1, 0.15) is 5.75 Å². The normalized spacial score (nSPS) is 12.2. The molecule has 1 aromatic rings. The highest BCUT2D eigenvalue weighted by molar-refractivity contribution is 5.37. The highest BCUT2D eigenvalue weighted by atomic mass is 16.5. The smallest absolute Gasteiger partial charge is 0.122 e. The van der Waals surface area contributed by atoms with Crippen LogP contribution in [0.1, 0.15) is 30.5 Å². The van der Waals surface area contributed by atoms with Crippen molar-refractivity contribution in [3.63, 3.8) is 0 Å². The molecule has 0 heterocycles. The molecule has 0 aliphatic carbocycles. The van der Waals surface area contributed by atoms with Crippen molar-refractivity contribution in [2.24, 2.45) is 5.73 Å². The summed E-state index contributed by atoms with van der Waals surface area (Å²) in [5.41, 5.74) is 8.08. The van der Waals surface area contributed by atoms with E-state index in [2.05, 4.69) is 12.6 Å². The molecule has 0 amide bonds. The van der Waals surface area contributed by atoms with Crippen LogP contribution in [0.15, 0.2) is 30.9 Å². The lowest BCUT2D eigenvalue weighted by Crippen LogP contribution is -2.05. The van der Waals surface area contributed by atoms with Gasteiger partial charge in [-0.3, -0.25) is 0 Å². The summed E-state index contributed by atoms with van der Waals surface area (Å²) < 4.78 is 5.60. The van der Waals surface area contributed by atoms with E-state index in [-0.39, 0.29) is 6.04 Å². The summed E-state index contributed by atoms with van der Waals surface area (Å²) >= 11 is 0. The van der Waals surface area contributed by atoms with Crippen LogP contribution < -0.4 is 10.5 Å². The fourth-order valence-corrected chi connectivity index (χ4v) is 1.37. The highest BCUT2D eigenvalue weighted by Crippen LogP contribution is 2.21. The van der Waals surface area contributed by atoms with E-state index in [9.17, 15) is 0 Å². The molecule has 82 valence electrons. The van der Waals surface area contributed by atoms with Gasteiger partial charge in [-0.25, -0.2) is 0 Å². The van der Waals surface area contributed by atoms with Gasteiger partial charge in [-0.1, -0.05) is 18.2 Å². The lowest BCUT2D eigenvalue weighted by Gasteiger charge is -2.11. The summed E-state index contributed by atoms with van der Waals surface area (Å²) in [5, 5.41) is 0. The minimum absolute atomic E-state index is 0.0749. The SMILES string of the molecule is C=CCCOc1ccc([C@H](C)N)cc1C. The van der Waals surface area contributed by atoms with Gasteiger partial charge in [0, 0.05) is 6.04 Å². The maximum absolute atomic E-state index is 5.80. The summed E-state index contributed by atoms with van der Waals surface area (Å²) in [5.74, 6) is 0.932. The van der Waals surface area contributed by atoms with Gasteiger partial charge in [-0.2, -0.15) is 0 Å². The zero-order chi connectivity index (χ0) is 11.3. The first-order valence-electron chi connectivity index (χ1n) is 5.25. The Hall–Kier alpha value is -1.28. The Morgan fingerprint density at radius 3 is 2.80 bits per heavy atom. The van der Waals surface area contributed by atoms with Crippen molar-refractivity contribution in [1.82, 2.24) is 0 Å². The molecule has 2 heteroatoms. The van der Waals surface area contributed by atoms with Gasteiger partial charge >= 0.3 is 0 Å². The molecule has 0 saturated heterocycles.